The Balaban J connectivity index is 2.13. The van der Waals surface area contributed by atoms with Crippen molar-refractivity contribution in [1.82, 2.24) is 9.80 Å². The first-order chi connectivity index (χ1) is 10.4. The molecule has 3 heteroatoms. The van der Waals surface area contributed by atoms with Gasteiger partial charge in [-0.2, -0.15) is 0 Å². The lowest BCUT2D eigenvalue weighted by molar-refractivity contribution is 0.159. The van der Waals surface area contributed by atoms with Crippen LogP contribution < -0.4 is 4.90 Å². The molecule has 2 rings (SSSR count). The molecule has 1 atom stereocenters. The number of hydrogen-bond donors (Lipinski definition) is 0. The number of likely N-dealkylation sites (N-methyl/N-ethyl adjacent to an activating group) is 2. The van der Waals surface area contributed by atoms with Gasteiger partial charge in [0.1, 0.15) is 0 Å². The molecule has 0 aromatic heterocycles. The maximum atomic E-state index is 4.21. The molecule has 0 radical (unpaired) electrons. The highest BCUT2D eigenvalue weighted by Gasteiger charge is 2.24. The predicted molar refractivity (Wildman–Crippen MR) is 96.9 cm³/mol. The van der Waals surface area contributed by atoms with Gasteiger partial charge in [-0.25, -0.2) is 0 Å². The molecule has 0 N–H and O–H groups in total. The van der Waals surface area contributed by atoms with Crippen LogP contribution in [0.15, 0.2) is 54.3 Å². The number of hydrogen-bond acceptors (Lipinski definition) is 3. The van der Waals surface area contributed by atoms with Crippen molar-refractivity contribution in [3.8, 4) is 0 Å². The van der Waals surface area contributed by atoms with E-state index in [9.17, 15) is 0 Å². The summed E-state index contributed by atoms with van der Waals surface area (Å²) in [5.41, 5.74) is 4.81. The third-order valence-corrected chi connectivity index (χ3v) is 4.31. The van der Waals surface area contributed by atoms with Crippen LogP contribution in [-0.2, 0) is 0 Å². The van der Waals surface area contributed by atoms with Crippen LogP contribution >= 0.6 is 0 Å². The molecule has 1 fully saturated rings. The molecule has 0 saturated carbocycles. The van der Waals surface area contributed by atoms with Gasteiger partial charge in [0, 0.05) is 38.6 Å². The monoisotopic (exact) mass is 297 g/mol. The van der Waals surface area contributed by atoms with Crippen molar-refractivity contribution < 1.29 is 0 Å². The molecule has 1 heterocycles. The van der Waals surface area contributed by atoms with E-state index in [1.807, 2.05) is 0 Å². The molecule has 1 saturated heterocycles. The van der Waals surface area contributed by atoms with Crippen LogP contribution in [-0.4, -0.2) is 50.7 Å². The largest absolute Gasteiger partial charge is 0.378 e. The van der Waals surface area contributed by atoms with E-state index in [2.05, 4.69) is 98.9 Å². The lowest BCUT2D eigenvalue weighted by Crippen LogP contribution is -2.45. The Hall–Kier alpha value is -2.00. The quantitative estimate of drug-likeness (QED) is 0.846. The zero-order valence-corrected chi connectivity index (χ0v) is 14.4. The highest BCUT2D eigenvalue weighted by Crippen LogP contribution is 2.25. The minimum atomic E-state index is 0.393. The molecule has 0 aliphatic carbocycles. The fourth-order valence-corrected chi connectivity index (χ4v) is 2.62. The molecule has 0 amide bonds. The Morgan fingerprint density at radius 1 is 1.18 bits per heavy atom. The van der Waals surface area contributed by atoms with Crippen LogP contribution in [0.2, 0.25) is 0 Å². The van der Waals surface area contributed by atoms with Crippen molar-refractivity contribution in [1.29, 1.82) is 0 Å². The first kappa shape index (κ1) is 16.4. The fourth-order valence-electron chi connectivity index (χ4n) is 2.62. The van der Waals surface area contributed by atoms with E-state index < -0.39 is 0 Å². The molecule has 1 aliphatic heterocycles. The van der Waals surface area contributed by atoms with E-state index in [0.29, 0.717) is 6.04 Å². The van der Waals surface area contributed by atoms with E-state index in [4.69, 9.17) is 0 Å². The van der Waals surface area contributed by atoms with E-state index in [-0.39, 0.29) is 0 Å². The third-order valence-electron chi connectivity index (χ3n) is 4.31. The maximum Gasteiger partial charge on any atom is 0.0706 e. The van der Waals surface area contributed by atoms with Crippen LogP contribution in [0, 0.1) is 0 Å². The van der Waals surface area contributed by atoms with Crippen molar-refractivity contribution in [3.05, 3.63) is 59.8 Å². The van der Waals surface area contributed by atoms with Gasteiger partial charge in [0.15, 0.2) is 0 Å². The highest BCUT2D eigenvalue weighted by atomic mass is 15.3. The normalized spacial score (nSPS) is 21.9. The van der Waals surface area contributed by atoms with Crippen molar-refractivity contribution in [2.45, 2.75) is 13.0 Å². The summed E-state index contributed by atoms with van der Waals surface area (Å²) in [5.74, 6) is 0. The Morgan fingerprint density at radius 2 is 1.82 bits per heavy atom. The zero-order valence-electron chi connectivity index (χ0n) is 14.4. The van der Waals surface area contributed by atoms with Gasteiger partial charge < -0.3 is 9.80 Å². The molecule has 0 spiro atoms. The second-order valence-electron chi connectivity index (χ2n) is 6.19. The van der Waals surface area contributed by atoms with Crippen LogP contribution in [0.5, 0.6) is 0 Å². The molecule has 0 bridgehead atoms. The number of allylic oxidation sites excluding steroid dienone is 2. The van der Waals surface area contributed by atoms with Crippen LogP contribution in [0.3, 0.4) is 0 Å². The molecule has 1 aromatic rings. The molecule has 118 valence electrons. The predicted octanol–water partition coefficient (Wildman–Crippen LogP) is 3.43. The number of nitrogens with zero attached hydrogens (tertiary/aromatic N) is 3. The second-order valence-corrected chi connectivity index (χ2v) is 6.19. The van der Waals surface area contributed by atoms with Gasteiger partial charge in [-0.3, -0.25) is 4.90 Å². The minimum Gasteiger partial charge on any atom is -0.378 e. The van der Waals surface area contributed by atoms with Gasteiger partial charge in [-0.1, -0.05) is 36.9 Å². The van der Waals surface area contributed by atoms with Gasteiger partial charge in [0.05, 0.1) is 6.67 Å². The van der Waals surface area contributed by atoms with E-state index in [1.165, 1.54) is 16.8 Å². The van der Waals surface area contributed by atoms with Gasteiger partial charge in [-0.15, -0.1) is 0 Å². The molecule has 1 aromatic carbocycles. The van der Waals surface area contributed by atoms with Crippen LogP contribution in [0.1, 0.15) is 12.5 Å². The fraction of sp³-hybridized carbons (Fsp3) is 0.368. The topological polar surface area (TPSA) is 9.72 Å². The number of rotatable bonds is 3. The molecule has 1 aliphatic rings. The van der Waals surface area contributed by atoms with Crippen molar-refractivity contribution in [2.24, 2.45) is 0 Å². The Labute approximate surface area is 134 Å². The highest BCUT2D eigenvalue weighted by molar-refractivity contribution is 5.57. The summed E-state index contributed by atoms with van der Waals surface area (Å²) >= 11 is 0. The summed E-state index contributed by atoms with van der Waals surface area (Å²) in [4.78, 5) is 6.61. The molecule has 3 nitrogen and oxygen atoms in total. The van der Waals surface area contributed by atoms with E-state index in [0.717, 1.165) is 12.4 Å². The number of anilines is 1. The van der Waals surface area contributed by atoms with Crippen molar-refractivity contribution >= 4 is 11.8 Å². The first-order valence-electron chi connectivity index (χ1n) is 7.66. The zero-order chi connectivity index (χ0) is 16.3. The van der Waals surface area contributed by atoms with Gasteiger partial charge in [0.25, 0.3) is 0 Å². The summed E-state index contributed by atoms with van der Waals surface area (Å²) in [6.07, 6.45) is 6.44. The second kappa shape index (κ2) is 6.84. The average molecular weight is 297 g/mol. The lowest BCUT2D eigenvalue weighted by atomic mass is 10.0. The smallest absolute Gasteiger partial charge is 0.0706 e. The lowest BCUT2D eigenvalue weighted by Gasteiger charge is -2.40. The summed E-state index contributed by atoms with van der Waals surface area (Å²) in [6.45, 7) is 7.36. The molecule has 1 unspecified atom stereocenters. The van der Waals surface area contributed by atoms with E-state index in [1.54, 1.807) is 0 Å². The summed E-state index contributed by atoms with van der Waals surface area (Å²) in [7, 11) is 8.34. The van der Waals surface area contributed by atoms with Crippen LogP contribution in [0.4, 0.5) is 5.69 Å². The SMILES string of the molecule is C=C1/C(=C\C=C\c2ccc(N(C)C)cc2)C(C)N(C)CN1C. The van der Waals surface area contributed by atoms with Gasteiger partial charge in [-0.05, 0) is 37.2 Å². The minimum absolute atomic E-state index is 0.393. The molecular weight excluding hydrogens is 270 g/mol. The molecule has 22 heavy (non-hydrogen) atoms. The molecular formula is C19H27N3. The average Bonchev–Trinajstić information content (AvgIpc) is 2.49. The van der Waals surface area contributed by atoms with Crippen LogP contribution in [0.25, 0.3) is 6.08 Å². The maximum absolute atomic E-state index is 4.21. The Morgan fingerprint density at radius 3 is 2.41 bits per heavy atom. The van der Waals surface area contributed by atoms with Gasteiger partial charge >= 0.3 is 0 Å². The Bertz CT molecular complexity index is 581. The third kappa shape index (κ3) is 3.60. The first-order valence-corrected chi connectivity index (χ1v) is 7.66. The summed E-state index contributed by atoms with van der Waals surface area (Å²) in [5, 5.41) is 0. The Kier molecular flexibility index (Phi) is 5.09. The summed E-state index contributed by atoms with van der Waals surface area (Å²) < 4.78 is 0. The number of benzene rings is 1. The van der Waals surface area contributed by atoms with E-state index >= 15 is 0 Å². The summed E-state index contributed by atoms with van der Waals surface area (Å²) in [6, 6.07) is 8.95. The van der Waals surface area contributed by atoms with Crippen molar-refractivity contribution in [2.75, 3.05) is 39.8 Å². The standard InChI is InChI=1S/C19H27N3/c1-15-19(16(2)22(6)14-21(15)5)9-7-8-17-10-12-18(13-11-17)20(3)4/h7-13,16H,1,14H2,2-6H3/b8-7+,19-9+. The van der Waals surface area contributed by atoms with Gasteiger partial charge in [0.2, 0.25) is 0 Å². The van der Waals surface area contributed by atoms with Crippen molar-refractivity contribution in [3.63, 3.8) is 0 Å².